The van der Waals surface area contributed by atoms with Crippen molar-refractivity contribution in [2.45, 2.75) is 44.3 Å². The molecule has 1 aliphatic carbocycles. The Labute approximate surface area is 85.9 Å². The van der Waals surface area contributed by atoms with E-state index in [0.717, 1.165) is 19.8 Å². The van der Waals surface area contributed by atoms with Gasteiger partial charge >= 0.3 is 0 Å². The molecule has 2 fully saturated rings. The van der Waals surface area contributed by atoms with Crippen LogP contribution in [0.5, 0.6) is 0 Å². The second-order valence-electron chi connectivity index (χ2n) is 4.43. The van der Waals surface area contributed by atoms with Crippen molar-refractivity contribution in [2.75, 3.05) is 19.8 Å². The van der Waals surface area contributed by atoms with Crippen LogP contribution in [0.1, 0.15) is 32.1 Å². The maximum absolute atomic E-state index is 5.89. The normalized spacial score (nSPS) is 37.9. The molecule has 1 saturated heterocycles. The third-order valence-corrected chi connectivity index (χ3v) is 3.41. The van der Waals surface area contributed by atoms with Crippen LogP contribution >= 0.6 is 0 Å². The van der Waals surface area contributed by atoms with E-state index in [2.05, 4.69) is 0 Å². The summed E-state index contributed by atoms with van der Waals surface area (Å²) in [6, 6.07) is 0. The minimum Gasteiger partial charge on any atom is -0.376 e. The van der Waals surface area contributed by atoms with Gasteiger partial charge in [-0.25, -0.2) is 0 Å². The van der Waals surface area contributed by atoms with Crippen molar-refractivity contribution in [3.63, 3.8) is 0 Å². The van der Waals surface area contributed by atoms with E-state index in [1.54, 1.807) is 0 Å². The summed E-state index contributed by atoms with van der Waals surface area (Å²) in [7, 11) is 0. The third-order valence-electron chi connectivity index (χ3n) is 3.41. The van der Waals surface area contributed by atoms with Gasteiger partial charge in [0.15, 0.2) is 0 Å². The third kappa shape index (κ3) is 2.47. The summed E-state index contributed by atoms with van der Waals surface area (Å²) in [5.41, 5.74) is 5.70. The van der Waals surface area contributed by atoms with Gasteiger partial charge in [-0.2, -0.15) is 0 Å². The molecule has 2 aliphatic rings. The Balaban J connectivity index is 1.68. The SMILES string of the molecule is NCC1CCCC1OCC1CCCO1. The van der Waals surface area contributed by atoms with Gasteiger partial charge in [0.2, 0.25) is 0 Å². The monoisotopic (exact) mass is 199 g/mol. The van der Waals surface area contributed by atoms with Crippen molar-refractivity contribution < 1.29 is 9.47 Å². The first kappa shape index (κ1) is 10.4. The lowest BCUT2D eigenvalue weighted by molar-refractivity contribution is -0.0321. The summed E-state index contributed by atoms with van der Waals surface area (Å²) < 4.78 is 11.4. The van der Waals surface area contributed by atoms with Gasteiger partial charge in [-0.05, 0) is 38.1 Å². The van der Waals surface area contributed by atoms with Crippen LogP contribution in [-0.2, 0) is 9.47 Å². The standard InChI is InChI=1S/C11H21NO2/c12-7-9-3-1-5-11(9)14-8-10-4-2-6-13-10/h9-11H,1-8,12H2. The zero-order valence-corrected chi connectivity index (χ0v) is 8.78. The molecule has 1 heterocycles. The summed E-state index contributed by atoms with van der Waals surface area (Å²) in [4.78, 5) is 0. The Morgan fingerprint density at radius 3 is 2.86 bits per heavy atom. The molecule has 1 saturated carbocycles. The molecule has 0 amide bonds. The number of ether oxygens (including phenoxy) is 2. The predicted molar refractivity (Wildman–Crippen MR) is 55.1 cm³/mol. The van der Waals surface area contributed by atoms with Crippen LogP contribution < -0.4 is 5.73 Å². The van der Waals surface area contributed by atoms with Gasteiger partial charge in [0, 0.05) is 6.61 Å². The molecular weight excluding hydrogens is 178 g/mol. The maximum atomic E-state index is 5.89. The Bertz CT molecular complexity index is 169. The van der Waals surface area contributed by atoms with E-state index in [1.807, 2.05) is 0 Å². The lowest BCUT2D eigenvalue weighted by Crippen LogP contribution is -2.28. The molecule has 2 N–H and O–H groups in total. The van der Waals surface area contributed by atoms with Gasteiger partial charge in [-0.3, -0.25) is 0 Å². The number of nitrogens with two attached hydrogens (primary N) is 1. The van der Waals surface area contributed by atoms with Crippen molar-refractivity contribution in [3.8, 4) is 0 Å². The van der Waals surface area contributed by atoms with Crippen molar-refractivity contribution in [1.82, 2.24) is 0 Å². The largest absolute Gasteiger partial charge is 0.376 e. The Hall–Kier alpha value is -0.120. The lowest BCUT2D eigenvalue weighted by Gasteiger charge is -2.20. The van der Waals surface area contributed by atoms with Crippen LogP contribution in [0.2, 0.25) is 0 Å². The fourth-order valence-electron chi connectivity index (χ4n) is 2.50. The van der Waals surface area contributed by atoms with Crippen LogP contribution in [0, 0.1) is 5.92 Å². The van der Waals surface area contributed by atoms with E-state index in [9.17, 15) is 0 Å². The Kier molecular flexibility index (Phi) is 3.79. The highest BCUT2D eigenvalue weighted by atomic mass is 16.5. The summed E-state index contributed by atoms with van der Waals surface area (Å²) >= 11 is 0. The fourth-order valence-corrected chi connectivity index (χ4v) is 2.50. The van der Waals surface area contributed by atoms with E-state index in [0.29, 0.717) is 18.1 Å². The average Bonchev–Trinajstić information content (AvgIpc) is 2.85. The maximum Gasteiger partial charge on any atom is 0.0809 e. The fraction of sp³-hybridized carbons (Fsp3) is 1.00. The molecule has 0 aromatic rings. The Morgan fingerprint density at radius 2 is 2.14 bits per heavy atom. The molecule has 14 heavy (non-hydrogen) atoms. The van der Waals surface area contributed by atoms with Crippen molar-refractivity contribution in [1.29, 1.82) is 0 Å². The number of hydrogen-bond acceptors (Lipinski definition) is 3. The lowest BCUT2D eigenvalue weighted by atomic mass is 10.1. The van der Waals surface area contributed by atoms with Gasteiger partial charge in [0.1, 0.15) is 0 Å². The van der Waals surface area contributed by atoms with Crippen LogP contribution in [-0.4, -0.2) is 32.0 Å². The molecule has 0 spiro atoms. The minimum atomic E-state index is 0.356. The van der Waals surface area contributed by atoms with Crippen LogP contribution in [0.4, 0.5) is 0 Å². The molecule has 0 aromatic heterocycles. The molecule has 0 bridgehead atoms. The van der Waals surface area contributed by atoms with E-state index in [1.165, 1.54) is 32.1 Å². The number of hydrogen-bond donors (Lipinski definition) is 1. The smallest absolute Gasteiger partial charge is 0.0809 e. The molecule has 3 atom stereocenters. The molecule has 3 unspecified atom stereocenters. The second kappa shape index (κ2) is 5.10. The molecule has 2 rings (SSSR count). The molecule has 1 aliphatic heterocycles. The molecule has 0 radical (unpaired) electrons. The highest BCUT2D eigenvalue weighted by molar-refractivity contribution is 4.79. The van der Waals surface area contributed by atoms with Crippen molar-refractivity contribution in [2.24, 2.45) is 11.7 Å². The molecule has 3 nitrogen and oxygen atoms in total. The highest BCUT2D eigenvalue weighted by Gasteiger charge is 2.28. The number of rotatable bonds is 4. The van der Waals surface area contributed by atoms with E-state index < -0.39 is 0 Å². The van der Waals surface area contributed by atoms with Gasteiger partial charge in [0.25, 0.3) is 0 Å². The Morgan fingerprint density at radius 1 is 1.21 bits per heavy atom. The van der Waals surface area contributed by atoms with E-state index in [4.69, 9.17) is 15.2 Å². The second-order valence-corrected chi connectivity index (χ2v) is 4.43. The van der Waals surface area contributed by atoms with Gasteiger partial charge in [-0.15, -0.1) is 0 Å². The van der Waals surface area contributed by atoms with Crippen LogP contribution in [0.15, 0.2) is 0 Å². The molecular formula is C11H21NO2. The van der Waals surface area contributed by atoms with Gasteiger partial charge in [-0.1, -0.05) is 6.42 Å². The summed E-state index contributed by atoms with van der Waals surface area (Å²) in [5.74, 6) is 0.594. The first-order valence-electron chi connectivity index (χ1n) is 5.83. The minimum absolute atomic E-state index is 0.356. The first-order chi connectivity index (χ1) is 6.90. The van der Waals surface area contributed by atoms with E-state index >= 15 is 0 Å². The quantitative estimate of drug-likeness (QED) is 0.742. The molecule has 0 aromatic carbocycles. The summed E-state index contributed by atoms with van der Waals surface area (Å²) in [6.45, 7) is 2.47. The zero-order valence-electron chi connectivity index (χ0n) is 8.78. The summed E-state index contributed by atoms with van der Waals surface area (Å²) in [6.07, 6.45) is 6.83. The van der Waals surface area contributed by atoms with Crippen molar-refractivity contribution >= 4 is 0 Å². The van der Waals surface area contributed by atoms with Crippen LogP contribution in [0.25, 0.3) is 0 Å². The topological polar surface area (TPSA) is 44.5 Å². The molecule has 3 heteroatoms. The molecule has 82 valence electrons. The highest BCUT2D eigenvalue weighted by Crippen LogP contribution is 2.28. The van der Waals surface area contributed by atoms with Crippen LogP contribution in [0.3, 0.4) is 0 Å². The average molecular weight is 199 g/mol. The van der Waals surface area contributed by atoms with Gasteiger partial charge in [0.05, 0.1) is 18.8 Å². The summed E-state index contributed by atoms with van der Waals surface area (Å²) in [5, 5.41) is 0. The zero-order chi connectivity index (χ0) is 9.80. The predicted octanol–water partition coefficient (Wildman–Crippen LogP) is 1.31. The first-order valence-corrected chi connectivity index (χ1v) is 5.83. The van der Waals surface area contributed by atoms with E-state index in [-0.39, 0.29) is 0 Å². The van der Waals surface area contributed by atoms with Crippen molar-refractivity contribution in [3.05, 3.63) is 0 Å². The van der Waals surface area contributed by atoms with Gasteiger partial charge < -0.3 is 15.2 Å².